The smallest absolute Gasteiger partial charge is 0.287 e. The van der Waals surface area contributed by atoms with Crippen LogP contribution in [0.25, 0.3) is 0 Å². The minimum Gasteiger partial charge on any atom is -0.353 e. The topological polar surface area (TPSA) is 46.2 Å². The third-order valence-electron chi connectivity index (χ3n) is 1.24. The van der Waals surface area contributed by atoms with Crippen molar-refractivity contribution in [1.82, 2.24) is 5.32 Å². The molecule has 0 aromatic heterocycles. The van der Waals surface area contributed by atoms with Crippen molar-refractivity contribution in [3.63, 3.8) is 0 Å². The maximum Gasteiger partial charge on any atom is 0.287 e. The fourth-order valence-corrected chi connectivity index (χ4v) is 0.590. The lowest BCUT2D eigenvalue weighted by Gasteiger charge is -1.95. The van der Waals surface area contributed by atoms with Crippen LogP contribution in [0.2, 0.25) is 0 Å². The first kappa shape index (κ1) is 9.14. The van der Waals surface area contributed by atoms with Crippen LogP contribution in [0.5, 0.6) is 0 Å². The van der Waals surface area contributed by atoms with Crippen molar-refractivity contribution in [2.75, 3.05) is 7.05 Å². The van der Waals surface area contributed by atoms with Crippen LogP contribution < -0.4 is 5.32 Å². The summed E-state index contributed by atoms with van der Waals surface area (Å²) < 4.78 is 0. The van der Waals surface area contributed by atoms with Crippen molar-refractivity contribution in [2.45, 2.75) is 26.2 Å². The molecule has 3 nitrogen and oxygen atoms in total. The van der Waals surface area contributed by atoms with E-state index in [4.69, 9.17) is 0 Å². The Balaban J connectivity index is 3.52. The van der Waals surface area contributed by atoms with Crippen LogP contribution >= 0.6 is 0 Å². The highest BCUT2D eigenvalue weighted by atomic mass is 16.2. The molecule has 0 saturated heterocycles. The van der Waals surface area contributed by atoms with E-state index in [0.29, 0.717) is 6.42 Å². The first-order valence-electron chi connectivity index (χ1n) is 3.47. The van der Waals surface area contributed by atoms with Crippen molar-refractivity contribution in [2.24, 2.45) is 0 Å². The van der Waals surface area contributed by atoms with Gasteiger partial charge < -0.3 is 5.32 Å². The standard InChI is InChI=1S/C7H13NO2/c1-3-4-5-6(9)7(10)8-2/h3-5H2,1-2H3,(H,8,10). The van der Waals surface area contributed by atoms with E-state index >= 15 is 0 Å². The molecule has 1 N–H and O–H groups in total. The molecular formula is C7H13NO2. The normalized spacial score (nSPS) is 9.00. The van der Waals surface area contributed by atoms with E-state index in [9.17, 15) is 9.59 Å². The minimum atomic E-state index is -0.478. The summed E-state index contributed by atoms with van der Waals surface area (Å²) in [6, 6.07) is 0. The van der Waals surface area contributed by atoms with Crippen LogP contribution in [0, 0.1) is 0 Å². The van der Waals surface area contributed by atoms with Gasteiger partial charge in [0.1, 0.15) is 0 Å². The molecular weight excluding hydrogens is 130 g/mol. The van der Waals surface area contributed by atoms with Crippen molar-refractivity contribution >= 4 is 11.7 Å². The summed E-state index contributed by atoms with van der Waals surface area (Å²) in [6.45, 7) is 1.98. The van der Waals surface area contributed by atoms with Gasteiger partial charge in [-0.15, -0.1) is 0 Å². The Kier molecular flexibility index (Phi) is 4.54. The van der Waals surface area contributed by atoms with Gasteiger partial charge in [-0.1, -0.05) is 13.3 Å². The minimum absolute atomic E-state index is 0.315. The number of ketones is 1. The van der Waals surface area contributed by atoms with Crippen LogP contribution in [-0.4, -0.2) is 18.7 Å². The molecule has 0 aliphatic rings. The summed E-state index contributed by atoms with van der Waals surface area (Å²) >= 11 is 0. The molecule has 58 valence electrons. The summed E-state index contributed by atoms with van der Waals surface area (Å²) in [4.78, 5) is 21.3. The first-order valence-corrected chi connectivity index (χ1v) is 3.47. The van der Waals surface area contributed by atoms with Gasteiger partial charge in [0.2, 0.25) is 5.78 Å². The number of hydrogen-bond acceptors (Lipinski definition) is 2. The van der Waals surface area contributed by atoms with Gasteiger partial charge in [0.25, 0.3) is 5.91 Å². The molecule has 0 bridgehead atoms. The quantitative estimate of drug-likeness (QED) is 0.582. The zero-order valence-corrected chi connectivity index (χ0v) is 6.44. The molecule has 0 unspecified atom stereocenters. The fraction of sp³-hybridized carbons (Fsp3) is 0.714. The predicted octanol–water partition coefficient (Wildman–Crippen LogP) is 0.492. The average molecular weight is 143 g/mol. The molecule has 10 heavy (non-hydrogen) atoms. The Morgan fingerprint density at radius 2 is 2.00 bits per heavy atom. The van der Waals surface area contributed by atoms with Crippen LogP contribution in [0.3, 0.4) is 0 Å². The van der Waals surface area contributed by atoms with Gasteiger partial charge in [0.05, 0.1) is 0 Å². The zero-order valence-electron chi connectivity index (χ0n) is 6.44. The van der Waals surface area contributed by atoms with Crippen LogP contribution in [-0.2, 0) is 9.59 Å². The van der Waals surface area contributed by atoms with Crippen molar-refractivity contribution < 1.29 is 9.59 Å². The zero-order chi connectivity index (χ0) is 7.98. The lowest BCUT2D eigenvalue weighted by Crippen LogP contribution is -2.27. The number of carbonyl (C=O) groups is 2. The Labute approximate surface area is 60.8 Å². The molecule has 0 spiro atoms. The van der Waals surface area contributed by atoms with E-state index in [1.165, 1.54) is 7.05 Å². The molecule has 1 amide bonds. The second-order valence-electron chi connectivity index (χ2n) is 2.11. The van der Waals surface area contributed by atoms with E-state index in [2.05, 4.69) is 5.32 Å². The number of carbonyl (C=O) groups excluding carboxylic acids is 2. The Hall–Kier alpha value is -0.860. The van der Waals surface area contributed by atoms with Gasteiger partial charge in [-0.25, -0.2) is 0 Å². The largest absolute Gasteiger partial charge is 0.353 e. The fourth-order valence-electron chi connectivity index (χ4n) is 0.590. The average Bonchev–Trinajstić information content (AvgIpc) is 1.98. The monoisotopic (exact) mass is 143 g/mol. The molecule has 3 heteroatoms. The lowest BCUT2D eigenvalue weighted by molar-refractivity contribution is -0.137. The molecule has 0 aliphatic heterocycles. The van der Waals surface area contributed by atoms with Gasteiger partial charge in [-0.05, 0) is 6.42 Å². The van der Waals surface area contributed by atoms with Crippen LogP contribution in [0.15, 0.2) is 0 Å². The maximum absolute atomic E-state index is 10.7. The molecule has 0 radical (unpaired) electrons. The van der Waals surface area contributed by atoms with E-state index in [1.807, 2.05) is 6.92 Å². The molecule has 0 atom stereocenters. The van der Waals surface area contributed by atoms with Gasteiger partial charge >= 0.3 is 0 Å². The van der Waals surface area contributed by atoms with Crippen molar-refractivity contribution in [3.8, 4) is 0 Å². The van der Waals surface area contributed by atoms with E-state index < -0.39 is 5.91 Å². The summed E-state index contributed by atoms with van der Waals surface area (Å²) in [5.41, 5.74) is 0. The summed E-state index contributed by atoms with van der Waals surface area (Å²) in [5, 5.41) is 2.29. The number of unbranched alkanes of at least 4 members (excludes halogenated alkanes) is 1. The van der Waals surface area contributed by atoms with Crippen molar-refractivity contribution in [3.05, 3.63) is 0 Å². The van der Waals surface area contributed by atoms with Gasteiger partial charge in [0, 0.05) is 13.5 Å². The molecule has 0 fully saturated rings. The summed E-state index contributed by atoms with van der Waals surface area (Å²) in [7, 11) is 1.46. The molecule has 0 aliphatic carbocycles. The second-order valence-corrected chi connectivity index (χ2v) is 2.11. The van der Waals surface area contributed by atoms with Crippen LogP contribution in [0.4, 0.5) is 0 Å². The third-order valence-corrected chi connectivity index (χ3v) is 1.24. The Morgan fingerprint density at radius 3 is 2.40 bits per heavy atom. The number of rotatable bonds is 4. The van der Waals surface area contributed by atoms with Crippen molar-refractivity contribution in [1.29, 1.82) is 0 Å². The van der Waals surface area contributed by atoms with Gasteiger partial charge in [0.15, 0.2) is 0 Å². The highest BCUT2D eigenvalue weighted by Crippen LogP contribution is 1.94. The molecule has 0 aromatic rings. The van der Waals surface area contributed by atoms with Gasteiger partial charge in [-0.2, -0.15) is 0 Å². The van der Waals surface area contributed by atoms with E-state index in [1.54, 1.807) is 0 Å². The molecule has 0 rings (SSSR count). The molecule has 0 aromatic carbocycles. The Morgan fingerprint density at radius 1 is 1.40 bits per heavy atom. The number of amides is 1. The number of nitrogens with one attached hydrogen (secondary N) is 1. The highest BCUT2D eigenvalue weighted by molar-refractivity contribution is 6.36. The highest BCUT2D eigenvalue weighted by Gasteiger charge is 2.08. The van der Waals surface area contributed by atoms with E-state index in [0.717, 1.165) is 12.8 Å². The first-order chi connectivity index (χ1) is 4.72. The lowest BCUT2D eigenvalue weighted by atomic mass is 10.2. The second kappa shape index (κ2) is 4.97. The summed E-state index contributed by atoms with van der Waals surface area (Å²) in [6.07, 6.45) is 2.12. The van der Waals surface area contributed by atoms with Crippen LogP contribution in [0.1, 0.15) is 26.2 Å². The SMILES string of the molecule is CCCCC(=O)C(=O)NC. The molecule has 0 heterocycles. The van der Waals surface area contributed by atoms with Gasteiger partial charge in [-0.3, -0.25) is 9.59 Å². The maximum atomic E-state index is 10.7. The molecule has 0 saturated carbocycles. The third kappa shape index (κ3) is 3.22. The Bertz CT molecular complexity index is 132. The number of Topliss-reactive ketones (excluding diaryl/α,β-unsaturated/α-hetero) is 1. The predicted molar refractivity (Wildman–Crippen MR) is 38.6 cm³/mol. The number of likely N-dealkylation sites (N-methyl/N-ethyl adjacent to an activating group) is 1. The summed E-state index contributed by atoms with van der Waals surface area (Å²) in [5.74, 6) is -0.794. The van der Waals surface area contributed by atoms with E-state index in [-0.39, 0.29) is 5.78 Å². The number of hydrogen-bond donors (Lipinski definition) is 1.